The normalized spacial score (nSPS) is 11.1. The van der Waals surface area contributed by atoms with Crippen LogP contribution in [0.4, 0.5) is 0 Å². The molecule has 0 bridgehead atoms. The van der Waals surface area contributed by atoms with E-state index >= 15 is 0 Å². The van der Waals surface area contributed by atoms with Crippen molar-refractivity contribution >= 4 is 11.3 Å². The lowest BCUT2D eigenvalue weighted by molar-refractivity contribution is 0.589. The van der Waals surface area contributed by atoms with Gasteiger partial charge in [-0.1, -0.05) is 13.8 Å². The zero-order chi connectivity index (χ0) is 10.7. The number of nitrogens with zero attached hydrogens (tertiary/aromatic N) is 3. The van der Waals surface area contributed by atoms with Crippen molar-refractivity contribution in [2.45, 2.75) is 26.4 Å². The first-order chi connectivity index (χ1) is 7.25. The molecule has 0 aromatic carbocycles. The van der Waals surface area contributed by atoms with Gasteiger partial charge in [-0.2, -0.15) is 5.10 Å². The van der Waals surface area contributed by atoms with Crippen LogP contribution in [0.5, 0.6) is 0 Å². The molecule has 0 saturated carbocycles. The Morgan fingerprint density at radius 2 is 2.40 bits per heavy atom. The lowest BCUT2D eigenvalue weighted by Crippen LogP contribution is -2.21. The number of nitrogens with one attached hydrogen (secondary N) is 1. The lowest BCUT2D eigenvalue weighted by atomic mass is 10.3. The van der Waals surface area contributed by atoms with E-state index in [1.54, 1.807) is 17.5 Å². The summed E-state index contributed by atoms with van der Waals surface area (Å²) in [4.78, 5) is 4.19. The van der Waals surface area contributed by atoms with Crippen LogP contribution in [-0.4, -0.2) is 20.8 Å². The van der Waals surface area contributed by atoms with E-state index < -0.39 is 0 Å². The van der Waals surface area contributed by atoms with Crippen LogP contribution in [-0.2, 0) is 6.54 Å². The lowest BCUT2D eigenvalue weighted by Gasteiger charge is -2.04. The van der Waals surface area contributed by atoms with Crippen LogP contribution >= 0.6 is 11.3 Å². The van der Waals surface area contributed by atoms with Crippen LogP contribution in [0, 0.1) is 0 Å². The molecule has 1 N–H and O–H groups in total. The number of thiazole rings is 1. The molecule has 0 radical (unpaired) electrons. The van der Waals surface area contributed by atoms with E-state index in [9.17, 15) is 0 Å². The van der Waals surface area contributed by atoms with E-state index in [0.717, 1.165) is 11.7 Å². The predicted octanol–water partition coefficient (Wildman–Crippen LogP) is 1.83. The van der Waals surface area contributed by atoms with Crippen molar-refractivity contribution in [1.82, 2.24) is 20.1 Å². The first-order valence-corrected chi connectivity index (χ1v) is 5.80. The van der Waals surface area contributed by atoms with E-state index in [2.05, 4.69) is 29.2 Å². The zero-order valence-electron chi connectivity index (χ0n) is 8.84. The van der Waals surface area contributed by atoms with Crippen molar-refractivity contribution in [3.05, 3.63) is 29.5 Å². The molecule has 0 amide bonds. The van der Waals surface area contributed by atoms with Gasteiger partial charge in [-0.25, -0.2) is 9.67 Å². The Morgan fingerprint density at radius 1 is 1.53 bits per heavy atom. The fourth-order valence-corrected chi connectivity index (χ4v) is 1.78. The highest BCUT2D eigenvalue weighted by Crippen LogP contribution is 2.10. The molecule has 0 aliphatic rings. The van der Waals surface area contributed by atoms with Crippen LogP contribution in [0.15, 0.2) is 24.0 Å². The molecule has 2 aromatic rings. The molecule has 0 atom stereocenters. The van der Waals surface area contributed by atoms with Gasteiger partial charge in [0.05, 0.1) is 6.20 Å². The molecule has 5 heteroatoms. The molecular weight excluding hydrogens is 208 g/mol. The summed E-state index contributed by atoms with van der Waals surface area (Å²) in [6.45, 7) is 5.11. The molecule has 2 heterocycles. The maximum absolute atomic E-state index is 4.26. The van der Waals surface area contributed by atoms with Crippen molar-refractivity contribution in [2.24, 2.45) is 0 Å². The van der Waals surface area contributed by atoms with Crippen molar-refractivity contribution in [1.29, 1.82) is 0 Å². The minimum atomic E-state index is 0.494. The average Bonchev–Trinajstić information content (AvgIpc) is 2.85. The molecule has 4 nitrogen and oxygen atoms in total. The standard InChI is InChI=1S/C10H14N4S/c1-8(2)12-5-9-6-13-14(7-9)10-11-3-4-15-10/h3-4,6-8,12H,5H2,1-2H3. The molecule has 0 aliphatic heterocycles. The molecule has 2 rings (SSSR count). The van der Waals surface area contributed by atoms with Crippen molar-refractivity contribution < 1.29 is 0 Å². The van der Waals surface area contributed by atoms with Crippen LogP contribution < -0.4 is 5.32 Å². The van der Waals surface area contributed by atoms with Gasteiger partial charge in [0.25, 0.3) is 0 Å². The summed E-state index contributed by atoms with van der Waals surface area (Å²) in [5.41, 5.74) is 1.18. The van der Waals surface area contributed by atoms with Crippen molar-refractivity contribution in [3.63, 3.8) is 0 Å². The maximum atomic E-state index is 4.26. The highest BCUT2D eigenvalue weighted by Gasteiger charge is 2.02. The SMILES string of the molecule is CC(C)NCc1cnn(-c2nccs2)c1. The predicted molar refractivity (Wildman–Crippen MR) is 61.2 cm³/mol. The summed E-state index contributed by atoms with van der Waals surface area (Å²) in [6.07, 6.45) is 5.67. The Balaban J connectivity index is 2.04. The molecule has 0 saturated heterocycles. The van der Waals surface area contributed by atoms with Crippen LogP contribution in [0.2, 0.25) is 0 Å². The second-order valence-electron chi connectivity index (χ2n) is 3.64. The molecule has 0 unspecified atom stereocenters. The van der Waals surface area contributed by atoms with E-state index in [-0.39, 0.29) is 0 Å². The summed E-state index contributed by atoms with van der Waals surface area (Å²) in [7, 11) is 0. The summed E-state index contributed by atoms with van der Waals surface area (Å²) >= 11 is 1.58. The molecule has 0 aliphatic carbocycles. The first-order valence-electron chi connectivity index (χ1n) is 4.92. The molecule has 2 aromatic heterocycles. The number of rotatable bonds is 4. The Kier molecular flexibility index (Phi) is 3.13. The minimum Gasteiger partial charge on any atom is -0.310 e. The van der Waals surface area contributed by atoms with E-state index in [4.69, 9.17) is 0 Å². The summed E-state index contributed by atoms with van der Waals surface area (Å²) in [5, 5.41) is 10.5. The monoisotopic (exact) mass is 222 g/mol. The second-order valence-corrected chi connectivity index (χ2v) is 4.52. The highest BCUT2D eigenvalue weighted by atomic mass is 32.1. The molecule has 15 heavy (non-hydrogen) atoms. The zero-order valence-corrected chi connectivity index (χ0v) is 9.66. The molecule has 80 valence electrons. The molecule has 0 spiro atoms. The molecule has 0 fully saturated rings. The molecular formula is C10H14N4S. The van der Waals surface area contributed by atoms with Gasteiger partial charge in [-0.05, 0) is 0 Å². The number of aromatic nitrogens is 3. The van der Waals surface area contributed by atoms with E-state index in [0.29, 0.717) is 6.04 Å². The number of hydrogen-bond donors (Lipinski definition) is 1. The van der Waals surface area contributed by atoms with Crippen molar-refractivity contribution in [2.75, 3.05) is 0 Å². The quantitative estimate of drug-likeness (QED) is 0.858. The Bertz CT molecular complexity index is 405. The second kappa shape index (κ2) is 4.55. The van der Waals surface area contributed by atoms with Crippen LogP contribution in [0.1, 0.15) is 19.4 Å². The van der Waals surface area contributed by atoms with Gasteiger partial charge >= 0.3 is 0 Å². The van der Waals surface area contributed by atoms with Gasteiger partial charge in [0, 0.05) is 35.9 Å². The Labute approximate surface area is 93.0 Å². The van der Waals surface area contributed by atoms with E-state index in [1.807, 2.05) is 22.5 Å². The average molecular weight is 222 g/mol. The Hall–Kier alpha value is -1.20. The van der Waals surface area contributed by atoms with Crippen LogP contribution in [0.25, 0.3) is 5.13 Å². The largest absolute Gasteiger partial charge is 0.310 e. The van der Waals surface area contributed by atoms with Gasteiger partial charge in [0.1, 0.15) is 0 Å². The first kappa shape index (κ1) is 10.3. The fourth-order valence-electron chi connectivity index (χ4n) is 1.21. The third-order valence-electron chi connectivity index (χ3n) is 1.97. The highest BCUT2D eigenvalue weighted by molar-refractivity contribution is 7.12. The summed E-state index contributed by atoms with van der Waals surface area (Å²) in [6, 6.07) is 0.494. The topological polar surface area (TPSA) is 42.7 Å². The maximum Gasteiger partial charge on any atom is 0.210 e. The smallest absolute Gasteiger partial charge is 0.210 e. The minimum absolute atomic E-state index is 0.494. The van der Waals surface area contributed by atoms with Crippen molar-refractivity contribution in [3.8, 4) is 5.13 Å². The third kappa shape index (κ3) is 2.64. The third-order valence-corrected chi connectivity index (χ3v) is 2.73. The fraction of sp³-hybridized carbons (Fsp3) is 0.400. The van der Waals surface area contributed by atoms with Crippen LogP contribution in [0.3, 0.4) is 0 Å². The summed E-state index contributed by atoms with van der Waals surface area (Å²) < 4.78 is 1.81. The summed E-state index contributed by atoms with van der Waals surface area (Å²) in [5.74, 6) is 0. The van der Waals surface area contributed by atoms with Gasteiger partial charge in [0.15, 0.2) is 0 Å². The van der Waals surface area contributed by atoms with Gasteiger partial charge < -0.3 is 5.32 Å². The van der Waals surface area contributed by atoms with E-state index in [1.165, 1.54) is 5.56 Å². The van der Waals surface area contributed by atoms with Gasteiger partial charge in [0.2, 0.25) is 5.13 Å². The van der Waals surface area contributed by atoms with Gasteiger partial charge in [-0.3, -0.25) is 0 Å². The Morgan fingerprint density at radius 3 is 3.07 bits per heavy atom. The number of hydrogen-bond acceptors (Lipinski definition) is 4. The van der Waals surface area contributed by atoms with Gasteiger partial charge in [-0.15, -0.1) is 11.3 Å².